The van der Waals surface area contributed by atoms with Crippen molar-refractivity contribution in [1.29, 1.82) is 0 Å². The molecule has 0 aromatic rings. The zero-order chi connectivity index (χ0) is 22.9. The molecule has 5 heteroatoms. The van der Waals surface area contributed by atoms with Crippen molar-refractivity contribution in [1.82, 2.24) is 5.32 Å². The highest BCUT2D eigenvalue weighted by Gasteiger charge is 2.12. The number of carboxylic acids is 1. The number of thiol groups is 1. The molecule has 0 aliphatic rings. The molecule has 4 nitrogen and oxygen atoms in total. The number of rotatable bonds is 16. The van der Waals surface area contributed by atoms with E-state index in [1.807, 2.05) is 6.92 Å². The molecule has 170 valence electrons. The summed E-state index contributed by atoms with van der Waals surface area (Å²) in [5.41, 5.74) is 5.24. The predicted molar refractivity (Wildman–Crippen MR) is 131 cm³/mol. The summed E-state index contributed by atoms with van der Waals surface area (Å²) in [5.74, 6) is -0.353. The van der Waals surface area contributed by atoms with Crippen molar-refractivity contribution in [3.8, 4) is 0 Å². The van der Waals surface area contributed by atoms with E-state index in [-0.39, 0.29) is 11.5 Å². The number of aliphatic carboxylic acids is 1. The second-order valence-corrected chi connectivity index (χ2v) is 8.54. The van der Waals surface area contributed by atoms with Crippen molar-refractivity contribution in [3.63, 3.8) is 0 Å². The lowest BCUT2D eigenvalue weighted by Gasteiger charge is -2.10. The number of ketones is 1. The third kappa shape index (κ3) is 16.2. The number of hydrogen-bond donors (Lipinski definition) is 3. The normalized spacial score (nSPS) is 14.7. The molecule has 0 aromatic carbocycles. The molecule has 0 aliphatic carbocycles. The summed E-state index contributed by atoms with van der Waals surface area (Å²) in [4.78, 5) is 22.0. The molecule has 0 amide bonds. The first kappa shape index (κ1) is 28.4. The highest BCUT2D eigenvalue weighted by atomic mass is 32.1. The highest BCUT2D eigenvalue weighted by molar-refractivity contribution is 7.80. The SMILES string of the molecule is CC(=O)CC(C)=CCC/C(C)=C/CCC(C)=CCC/C(C)=C/CN[C@@H](CS)C(=O)O. The van der Waals surface area contributed by atoms with Crippen LogP contribution in [0.4, 0.5) is 0 Å². The van der Waals surface area contributed by atoms with Gasteiger partial charge in [0.2, 0.25) is 0 Å². The van der Waals surface area contributed by atoms with Crippen LogP contribution in [0.2, 0.25) is 0 Å². The molecule has 0 aliphatic heterocycles. The van der Waals surface area contributed by atoms with Crippen molar-refractivity contribution in [2.45, 2.75) is 85.6 Å². The Balaban J connectivity index is 4.14. The number of hydrogen-bond acceptors (Lipinski definition) is 4. The predicted octanol–water partition coefficient (Wildman–Crippen LogP) is 6.06. The summed E-state index contributed by atoms with van der Waals surface area (Å²) in [6, 6.07) is -0.600. The van der Waals surface area contributed by atoms with Gasteiger partial charge in [0.05, 0.1) is 0 Å². The van der Waals surface area contributed by atoms with E-state index in [2.05, 4.69) is 63.0 Å². The van der Waals surface area contributed by atoms with Crippen molar-refractivity contribution in [2.75, 3.05) is 12.3 Å². The standard InChI is InChI=1S/C25H41NO3S/c1-19(9-6-10-20(2)12-8-14-22(4)17-23(5)27)11-7-13-21(3)15-16-26-24(18-30)25(28)29/h10-11,14-15,24,26,30H,6-9,12-13,16-18H2,1-5H3,(H,28,29)/b19-11?,20-10+,21-15+,22-14?/t24-/m0/s1. The molecular weight excluding hydrogens is 394 g/mol. The zero-order valence-corrected chi connectivity index (χ0v) is 20.4. The fourth-order valence-corrected chi connectivity index (χ4v) is 3.30. The van der Waals surface area contributed by atoms with Crippen LogP contribution in [0.15, 0.2) is 46.6 Å². The van der Waals surface area contributed by atoms with Gasteiger partial charge in [0.25, 0.3) is 0 Å². The van der Waals surface area contributed by atoms with E-state index in [1.54, 1.807) is 6.92 Å². The van der Waals surface area contributed by atoms with Crippen LogP contribution in [0.3, 0.4) is 0 Å². The molecule has 2 N–H and O–H groups in total. The van der Waals surface area contributed by atoms with Gasteiger partial charge in [0, 0.05) is 18.7 Å². The maximum Gasteiger partial charge on any atom is 0.321 e. The molecule has 0 saturated heterocycles. The first-order valence-electron chi connectivity index (χ1n) is 10.8. The molecule has 0 aromatic heterocycles. The minimum Gasteiger partial charge on any atom is -0.480 e. The van der Waals surface area contributed by atoms with Crippen molar-refractivity contribution < 1.29 is 14.7 Å². The monoisotopic (exact) mass is 435 g/mol. The number of carbonyl (C=O) groups is 2. The summed E-state index contributed by atoms with van der Waals surface area (Å²) in [6.45, 7) is 10.7. The van der Waals surface area contributed by atoms with Crippen LogP contribution >= 0.6 is 12.6 Å². The highest BCUT2D eigenvalue weighted by Crippen LogP contribution is 2.14. The summed E-state index contributed by atoms with van der Waals surface area (Å²) in [5, 5.41) is 12.0. The summed E-state index contributed by atoms with van der Waals surface area (Å²) in [6.07, 6.45) is 15.6. The molecule has 0 saturated carbocycles. The van der Waals surface area contributed by atoms with E-state index in [0.717, 1.165) is 44.1 Å². The van der Waals surface area contributed by atoms with Gasteiger partial charge in [-0.1, -0.05) is 46.6 Å². The lowest BCUT2D eigenvalue weighted by molar-refractivity contribution is -0.138. The Kier molecular flexibility index (Phi) is 16.2. The minimum atomic E-state index is -0.863. The Morgan fingerprint density at radius 2 is 1.23 bits per heavy atom. The zero-order valence-electron chi connectivity index (χ0n) is 19.5. The van der Waals surface area contributed by atoms with E-state index < -0.39 is 12.0 Å². The third-order valence-electron chi connectivity index (χ3n) is 4.92. The number of carboxylic acid groups (broad SMARTS) is 1. The van der Waals surface area contributed by atoms with Crippen molar-refractivity contribution in [2.24, 2.45) is 0 Å². The van der Waals surface area contributed by atoms with Gasteiger partial charge >= 0.3 is 5.97 Å². The maximum absolute atomic E-state index is 11.1. The van der Waals surface area contributed by atoms with Gasteiger partial charge in [-0.05, 0) is 73.1 Å². The summed E-state index contributed by atoms with van der Waals surface area (Å²) in [7, 11) is 0. The van der Waals surface area contributed by atoms with Crippen molar-refractivity contribution in [3.05, 3.63) is 46.6 Å². The average Bonchev–Trinajstić information content (AvgIpc) is 2.64. The Bertz CT molecular complexity index is 659. The van der Waals surface area contributed by atoms with Gasteiger partial charge in [0.1, 0.15) is 11.8 Å². The Hall–Kier alpha value is -1.59. The van der Waals surface area contributed by atoms with Gasteiger partial charge < -0.3 is 10.4 Å². The molecule has 1 atom stereocenters. The molecule has 0 unspecified atom stereocenters. The topological polar surface area (TPSA) is 66.4 Å². The Labute approximate surface area is 189 Å². The lowest BCUT2D eigenvalue weighted by Crippen LogP contribution is -2.38. The molecule has 0 rings (SSSR count). The first-order valence-corrected chi connectivity index (χ1v) is 11.5. The van der Waals surface area contributed by atoms with E-state index in [4.69, 9.17) is 5.11 Å². The second kappa shape index (κ2) is 17.1. The Morgan fingerprint density at radius 1 is 0.800 bits per heavy atom. The molecule has 0 fully saturated rings. The third-order valence-corrected chi connectivity index (χ3v) is 5.28. The Morgan fingerprint density at radius 3 is 1.63 bits per heavy atom. The van der Waals surface area contributed by atoms with Crippen LogP contribution < -0.4 is 5.32 Å². The van der Waals surface area contributed by atoms with E-state index in [0.29, 0.717) is 13.0 Å². The van der Waals surface area contributed by atoms with Gasteiger partial charge in [0.15, 0.2) is 0 Å². The number of nitrogens with one attached hydrogen (secondary N) is 1. The van der Waals surface area contributed by atoms with Crippen LogP contribution in [0, 0.1) is 0 Å². The van der Waals surface area contributed by atoms with Gasteiger partial charge in [-0.3, -0.25) is 9.59 Å². The number of Topliss-reactive ketones (excluding diaryl/α,β-unsaturated/α-hetero) is 1. The minimum absolute atomic E-state index is 0.223. The molecule has 30 heavy (non-hydrogen) atoms. The van der Waals surface area contributed by atoms with Crippen LogP contribution in [-0.4, -0.2) is 35.2 Å². The molecule has 0 bridgehead atoms. The van der Waals surface area contributed by atoms with E-state index in [9.17, 15) is 9.59 Å². The van der Waals surface area contributed by atoms with Gasteiger partial charge in [-0.2, -0.15) is 12.6 Å². The smallest absolute Gasteiger partial charge is 0.321 e. The van der Waals surface area contributed by atoms with Crippen molar-refractivity contribution >= 4 is 24.4 Å². The number of allylic oxidation sites excluding steroid dienone is 7. The molecular formula is C25H41NO3S. The number of carbonyl (C=O) groups excluding carboxylic acids is 1. The average molecular weight is 436 g/mol. The summed E-state index contributed by atoms with van der Waals surface area (Å²) < 4.78 is 0. The van der Waals surface area contributed by atoms with E-state index >= 15 is 0 Å². The molecule has 0 spiro atoms. The van der Waals surface area contributed by atoms with Gasteiger partial charge in [-0.25, -0.2) is 0 Å². The van der Waals surface area contributed by atoms with Crippen LogP contribution in [0.25, 0.3) is 0 Å². The van der Waals surface area contributed by atoms with Gasteiger partial charge in [-0.15, -0.1) is 0 Å². The maximum atomic E-state index is 11.1. The lowest BCUT2D eigenvalue weighted by atomic mass is 10.0. The second-order valence-electron chi connectivity index (χ2n) is 8.18. The van der Waals surface area contributed by atoms with Crippen LogP contribution in [-0.2, 0) is 9.59 Å². The molecule has 0 radical (unpaired) electrons. The van der Waals surface area contributed by atoms with Crippen LogP contribution in [0.5, 0.6) is 0 Å². The fraction of sp³-hybridized carbons (Fsp3) is 0.600. The van der Waals surface area contributed by atoms with E-state index in [1.165, 1.54) is 16.7 Å². The van der Waals surface area contributed by atoms with Crippen LogP contribution in [0.1, 0.15) is 79.6 Å². The quantitative estimate of drug-likeness (QED) is 0.203. The first-order chi connectivity index (χ1) is 14.1. The molecule has 0 heterocycles. The fourth-order valence-electron chi connectivity index (χ4n) is 3.02. The summed E-state index contributed by atoms with van der Waals surface area (Å²) >= 11 is 4.04. The largest absolute Gasteiger partial charge is 0.480 e.